The Kier molecular flexibility index (Phi) is 4.88. The van der Waals surface area contributed by atoms with Crippen molar-refractivity contribution in [2.24, 2.45) is 5.92 Å². The minimum atomic E-state index is -3.61. The van der Waals surface area contributed by atoms with Crippen LogP contribution in [0.3, 0.4) is 0 Å². The van der Waals surface area contributed by atoms with E-state index in [4.69, 9.17) is 9.68 Å². The van der Waals surface area contributed by atoms with Crippen molar-refractivity contribution in [1.29, 1.82) is 5.26 Å². The third-order valence-electron chi connectivity index (χ3n) is 3.57. The van der Waals surface area contributed by atoms with Gasteiger partial charge in [0.1, 0.15) is 10.7 Å². The van der Waals surface area contributed by atoms with Crippen molar-refractivity contribution in [3.63, 3.8) is 0 Å². The molecule has 1 atom stereocenters. The summed E-state index contributed by atoms with van der Waals surface area (Å²) in [4.78, 5) is 12.0. The van der Waals surface area contributed by atoms with Gasteiger partial charge in [0.15, 0.2) is 5.76 Å². The third kappa shape index (κ3) is 3.31. The molecule has 8 heteroatoms. The molecule has 1 aromatic heterocycles. The summed E-state index contributed by atoms with van der Waals surface area (Å²) in [5.41, 5.74) is 0. The van der Waals surface area contributed by atoms with Gasteiger partial charge in [0.05, 0.1) is 12.0 Å². The van der Waals surface area contributed by atoms with Gasteiger partial charge in [-0.2, -0.15) is 9.57 Å². The van der Waals surface area contributed by atoms with Gasteiger partial charge in [-0.15, -0.1) is 0 Å². The molecule has 0 saturated carbocycles. The number of aryl methyl sites for hydroxylation is 1. The normalized spacial score (nSPS) is 17.1. The molecule has 22 heavy (non-hydrogen) atoms. The first-order valence-corrected chi connectivity index (χ1v) is 8.58. The second-order valence-electron chi connectivity index (χ2n) is 5.38. The number of nitrogens with zero attached hydrogens (tertiary/aromatic N) is 2. The summed E-state index contributed by atoms with van der Waals surface area (Å²) in [5.74, 6) is -0.702. The predicted octanol–water partition coefficient (Wildman–Crippen LogP) is 1.26. The van der Waals surface area contributed by atoms with E-state index in [0.29, 0.717) is 13.1 Å². The SMILES string of the molecule is Cc1oc(C(=O)NCC(C)C#N)cc1S(=O)(=O)N1CCCC1. The quantitative estimate of drug-likeness (QED) is 0.878. The van der Waals surface area contributed by atoms with Crippen molar-refractivity contribution in [3.05, 3.63) is 17.6 Å². The predicted molar refractivity (Wildman–Crippen MR) is 78.5 cm³/mol. The molecule has 1 aliphatic heterocycles. The van der Waals surface area contributed by atoms with Gasteiger partial charge >= 0.3 is 0 Å². The van der Waals surface area contributed by atoms with Gasteiger partial charge in [0, 0.05) is 25.7 Å². The lowest BCUT2D eigenvalue weighted by Gasteiger charge is -2.14. The highest BCUT2D eigenvalue weighted by Crippen LogP contribution is 2.26. The Morgan fingerprint density at radius 3 is 2.73 bits per heavy atom. The Morgan fingerprint density at radius 2 is 2.14 bits per heavy atom. The van der Waals surface area contributed by atoms with Gasteiger partial charge in [-0.1, -0.05) is 0 Å². The van der Waals surface area contributed by atoms with Gasteiger partial charge in [-0.3, -0.25) is 4.79 Å². The first-order valence-electron chi connectivity index (χ1n) is 7.14. The van der Waals surface area contributed by atoms with Crippen molar-refractivity contribution >= 4 is 15.9 Å². The average Bonchev–Trinajstić information content (AvgIpc) is 3.13. The fourth-order valence-electron chi connectivity index (χ4n) is 2.28. The van der Waals surface area contributed by atoms with Crippen LogP contribution in [0.2, 0.25) is 0 Å². The van der Waals surface area contributed by atoms with Crippen LogP contribution in [-0.4, -0.2) is 38.3 Å². The zero-order valence-corrected chi connectivity index (χ0v) is 13.4. The standard InChI is InChI=1S/C14H19N3O4S/c1-10(8-15)9-16-14(18)12-7-13(11(2)21-12)22(19,20)17-5-3-4-6-17/h7,10H,3-6,9H2,1-2H3,(H,16,18). The van der Waals surface area contributed by atoms with E-state index in [9.17, 15) is 13.2 Å². The molecule has 0 radical (unpaired) electrons. The Balaban J connectivity index is 2.17. The largest absolute Gasteiger partial charge is 0.455 e. The number of carbonyl (C=O) groups is 1. The van der Waals surface area contributed by atoms with Gasteiger partial charge in [-0.25, -0.2) is 8.42 Å². The minimum Gasteiger partial charge on any atom is -0.455 e. The smallest absolute Gasteiger partial charge is 0.287 e. The van der Waals surface area contributed by atoms with Crippen LogP contribution >= 0.6 is 0 Å². The molecular formula is C14H19N3O4S. The number of nitrogens with one attached hydrogen (secondary N) is 1. The summed E-state index contributed by atoms with van der Waals surface area (Å²) in [7, 11) is -3.61. The maximum Gasteiger partial charge on any atom is 0.287 e. The average molecular weight is 325 g/mol. The molecule has 7 nitrogen and oxygen atoms in total. The van der Waals surface area contributed by atoms with E-state index < -0.39 is 15.9 Å². The molecule has 0 bridgehead atoms. The molecule has 120 valence electrons. The number of sulfonamides is 1. The lowest BCUT2D eigenvalue weighted by atomic mass is 10.2. The number of hydrogen-bond acceptors (Lipinski definition) is 5. The van der Waals surface area contributed by atoms with Crippen LogP contribution in [0.1, 0.15) is 36.1 Å². The second-order valence-corrected chi connectivity index (χ2v) is 7.29. The minimum absolute atomic E-state index is 0.0351. The molecule has 1 fully saturated rings. The highest BCUT2D eigenvalue weighted by Gasteiger charge is 2.31. The van der Waals surface area contributed by atoms with Crippen LogP contribution in [0, 0.1) is 24.2 Å². The Morgan fingerprint density at radius 1 is 1.50 bits per heavy atom. The zero-order chi connectivity index (χ0) is 16.3. The van der Waals surface area contributed by atoms with Crippen LogP contribution in [0.4, 0.5) is 0 Å². The van der Waals surface area contributed by atoms with Crippen LogP contribution in [0.25, 0.3) is 0 Å². The number of furan rings is 1. The topological polar surface area (TPSA) is 103 Å². The maximum atomic E-state index is 12.5. The Labute approximate surface area is 129 Å². The number of rotatable bonds is 5. The third-order valence-corrected chi connectivity index (χ3v) is 5.57. The van der Waals surface area contributed by atoms with Crippen molar-refractivity contribution < 1.29 is 17.6 Å². The number of amides is 1. The van der Waals surface area contributed by atoms with E-state index in [0.717, 1.165) is 12.8 Å². The molecule has 1 amide bonds. The summed E-state index contributed by atoms with van der Waals surface area (Å²) >= 11 is 0. The fourth-order valence-corrected chi connectivity index (χ4v) is 3.96. The van der Waals surface area contributed by atoms with Crippen molar-refractivity contribution in [2.45, 2.75) is 31.6 Å². The highest BCUT2D eigenvalue weighted by molar-refractivity contribution is 7.89. The molecule has 2 heterocycles. The molecule has 1 aromatic rings. The van der Waals surface area contributed by atoms with Crippen LogP contribution < -0.4 is 5.32 Å². The van der Waals surface area contributed by atoms with Gasteiger partial charge in [0.2, 0.25) is 10.0 Å². The van der Waals surface area contributed by atoms with E-state index in [-0.39, 0.29) is 28.9 Å². The molecule has 1 N–H and O–H groups in total. The zero-order valence-electron chi connectivity index (χ0n) is 12.6. The first-order chi connectivity index (χ1) is 10.4. The number of hydrogen-bond donors (Lipinski definition) is 1. The highest BCUT2D eigenvalue weighted by atomic mass is 32.2. The Bertz CT molecular complexity index is 696. The summed E-state index contributed by atoms with van der Waals surface area (Å²) < 4.78 is 31.7. The second kappa shape index (κ2) is 6.50. The van der Waals surface area contributed by atoms with Crippen LogP contribution in [0.15, 0.2) is 15.4 Å². The summed E-state index contributed by atoms with van der Waals surface area (Å²) in [6.45, 7) is 4.38. The summed E-state index contributed by atoms with van der Waals surface area (Å²) in [5, 5.41) is 11.2. The van der Waals surface area contributed by atoms with E-state index in [1.807, 2.05) is 6.07 Å². The number of nitriles is 1. The van der Waals surface area contributed by atoms with Gasteiger partial charge < -0.3 is 9.73 Å². The number of carbonyl (C=O) groups excluding carboxylic acids is 1. The lowest BCUT2D eigenvalue weighted by molar-refractivity contribution is 0.0921. The fraction of sp³-hybridized carbons (Fsp3) is 0.571. The van der Waals surface area contributed by atoms with Crippen LogP contribution in [-0.2, 0) is 10.0 Å². The molecular weight excluding hydrogens is 306 g/mol. The van der Waals surface area contributed by atoms with Gasteiger partial charge in [0.25, 0.3) is 5.91 Å². The van der Waals surface area contributed by atoms with Crippen molar-refractivity contribution in [3.8, 4) is 6.07 Å². The molecule has 1 aliphatic rings. The van der Waals surface area contributed by atoms with Crippen molar-refractivity contribution in [2.75, 3.05) is 19.6 Å². The van der Waals surface area contributed by atoms with E-state index in [2.05, 4.69) is 5.32 Å². The van der Waals surface area contributed by atoms with Crippen LogP contribution in [0.5, 0.6) is 0 Å². The molecule has 1 unspecified atom stereocenters. The van der Waals surface area contributed by atoms with E-state index >= 15 is 0 Å². The van der Waals surface area contributed by atoms with E-state index in [1.54, 1.807) is 6.92 Å². The van der Waals surface area contributed by atoms with Crippen molar-refractivity contribution in [1.82, 2.24) is 9.62 Å². The Hall–Kier alpha value is -1.85. The molecule has 0 aromatic carbocycles. The molecule has 2 rings (SSSR count). The van der Waals surface area contributed by atoms with Gasteiger partial charge in [-0.05, 0) is 26.7 Å². The summed E-state index contributed by atoms with van der Waals surface area (Å²) in [6, 6.07) is 3.26. The van der Waals surface area contributed by atoms with E-state index in [1.165, 1.54) is 17.3 Å². The molecule has 1 saturated heterocycles. The monoisotopic (exact) mass is 325 g/mol. The maximum absolute atomic E-state index is 12.5. The summed E-state index contributed by atoms with van der Waals surface area (Å²) in [6.07, 6.45) is 1.69. The molecule has 0 spiro atoms. The lowest BCUT2D eigenvalue weighted by Crippen LogP contribution is -2.28. The first kappa shape index (κ1) is 16.5. The molecule has 0 aliphatic carbocycles.